The standard InChI is InChI=1S/C19H18ClN5O2S/c1-11-12-4-2-3-5-14(12)28-16(11)19(27)25-8-6-24(7-9-25)18-13(17(21)26)10-15(20)22-23-18/h2-5,10H,6-9H2,1H3,(H2,21,26). The van der Waals surface area contributed by atoms with Gasteiger partial charge < -0.3 is 15.5 Å². The van der Waals surface area contributed by atoms with Gasteiger partial charge in [0.05, 0.1) is 10.4 Å². The minimum Gasteiger partial charge on any atom is -0.365 e. The fraction of sp³-hybridized carbons (Fsp3) is 0.263. The molecule has 1 aliphatic heterocycles. The quantitative estimate of drug-likeness (QED) is 0.710. The first-order valence-corrected chi connectivity index (χ1v) is 10.0. The Bertz CT molecular complexity index is 1080. The van der Waals surface area contributed by atoms with Crippen LogP contribution >= 0.6 is 22.9 Å². The number of carbonyl (C=O) groups is 2. The Morgan fingerprint density at radius 3 is 2.54 bits per heavy atom. The molecule has 7 nitrogen and oxygen atoms in total. The van der Waals surface area contributed by atoms with E-state index in [-0.39, 0.29) is 16.6 Å². The van der Waals surface area contributed by atoms with Gasteiger partial charge in [0.25, 0.3) is 11.8 Å². The molecular weight excluding hydrogens is 398 g/mol. The third kappa shape index (κ3) is 3.29. The summed E-state index contributed by atoms with van der Waals surface area (Å²) in [6, 6.07) is 9.46. The summed E-state index contributed by atoms with van der Waals surface area (Å²) in [5.74, 6) is -0.163. The summed E-state index contributed by atoms with van der Waals surface area (Å²) in [6.45, 7) is 4.10. The first-order chi connectivity index (χ1) is 13.5. The van der Waals surface area contributed by atoms with Gasteiger partial charge in [0.15, 0.2) is 11.0 Å². The molecule has 0 spiro atoms. The van der Waals surface area contributed by atoms with Gasteiger partial charge in [0, 0.05) is 30.9 Å². The van der Waals surface area contributed by atoms with Gasteiger partial charge in [0.1, 0.15) is 0 Å². The van der Waals surface area contributed by atoms with E-state index in [1.807, 2.05) is 41.0 Å². The molecule has 2 amide bonds. The number of fused-ring (bicyclic) bond motifs is 1. The number of aromatic nitrogens is 2. The largest absolute Gasteiger partial charge is 0.365 e. The van der Waals surface area contributed by atoms with Gasteiger partial charge in [0.2, 0.25) is 0 Å². The highest BCUT2D eigenvalue weighted by Crippen LogP contribution is 2.32. The predicted octanol–water partition coefficient (Wildman–Crippen LogP) is 2.71. The van der Waals surface area contributed by atoms with Crippen molar-refractivity contribution in [3.8, 4) is 0 Å². The summed E-state index contributed by atoms with van der Waals surface area (Å²) in [7, 11) is 0. The lowest BCUT2D eigenvalue weighted by Gasteiger charge is -2.35. The fourth-order valence-electron chi connectivity index (χ4n) is 3.42. The molecule has 2 N–H and O–H groups in total. The molecule has 0 bridgehead atoms. The lowest BCUT2D eigenvalue weighted by atomic mass is 10.1. The number of thiophene rings is 1. The topological polar surface area (TPSA) is 92.4 Å². The summed E-state index contributed by atoms with van der Waals surface area (Å²) in [4.78, 5) is 29.3. The highest BCUT2D eigenvalue weighted by Gasteiger charge is 2.27. The van der Waals surface area contributed by atoms with Gasteiger partial charge >= 0.3 is 0 Å². The molecule has 1 aliphatic rings. The summed E-state index contributed by atoms with van der Waals surface area (Å²) >= 11 is 7.36. The minimum absolute atomic E-state index is 0.0377. The van der Waals surface area contributed by atoms with E-state index in [0.29, 0.717) is 32.0 Å². The van der Waals surface area contributed by atoms with E-state index in [9.17, 15) is 9.59 Å². The number of amides is 2. The van der Waals surface area contributed by atoms with E-state index in [2.05, 4.69) is 10.2 Å². The number of anilines is 1. The maximum absolute atomic E-state index is 13.1. The van der Waals surface area contributed by atoms with Crippen LogP contribution in [-0.2, 0) is 0 Å². The van der Waals surface area contributed by atoms with Crippen LogP contribution in [0.25, 0.3) is 10.1 Å². The predicted molar refractivity (Wildman–Crippen MR) is 110 cm³/mol. The zero-order chi connectivity index (χ0) is 19.8. The number of hydrogen-bond donors (Lipinski definition) is 1. The lowest BCUT2D eigenvalue weighted by molar-refractivity contribution is 0.0750. The fourth-order valence-corrected chi connectivity index (χ4v) is 4.74. The lowest BCUT2D eigenvalue weighted by Crippen LogP contribution is -2.49. The molecule has 1 saturated heterocycles. The van der Waals surface area contributed by atoms with Crippen molar-refractivity contribution in [3.05, 3.63) is 51.5 Å². The summed E-state index contributed by atoms with van der Waals surface area (Å²) < 4.78 is 1.12. The van der Waals surface area contributed by atoms with Crippen molar-refractivity contribution in [3.63, 3.8) is 0 Å². The van der Waals surface area contributed by atoms with Crippen LogP contribution in [0, 0.1) is 6.92 Å². The van der Waals surface area contributed by atoms with Crippen molar-refractivity contribution in [1.82, 2.24) is 15.1 Å². The molecule has 0 atom stereocenters. The zero-order valence-corrected chi connectivity index (χ0v) is 16.8. The van der Waals surface area contributed by atoms with Gasteiger partial charge in [-0.3, -0.25) is 9.59 Å². The number of halogens is 1. The van der Waals surface area contributed by atoms with Crippen LogP contribution in [0.4, 0.5) is 5.82 Å². The van der Waals surface area contributed by atoms with Crippen LogP contribution < -0.4 is 10.6 Å². The molecule has 3 aromatic rings. The molecule has 0 aliphatic carbocycles. The number of hydrogen-bond acceptors (Lipinski definition) is 6. The number of primary amides is 1. The number of nitrogens with zero attached hydrogens (tertiary/aromatic N) is 4. The van der Waals surface area contributed by atoms with Gasteiger partial charge in [-0.05, 0) is 30.0 Å². The van der Waals surface area contributed by atoms with Gasteiger partial charge in [-0.1, -0.05) is 29.8 Å². The van der Waals surface area contributed by atoms with Crippen LogP contribution in [0.1, 0.15) is 25.6 Å². The van der Waals surface area contributed by atoms with Crippen molar-refractivity contribution < 1.29 is 9.59 Å². The number of rotatable bonds is 3. The average Bonchev–Trinajstić information content (AvgIpc) is 3.04. The van der Waals surface area contributed by atoms with Crippen LogP contribution in [0.15, 0.2) is 30.3 Å². The highest BCUT2D eigenvalue weighted by atomic mass is 35.5. The molecule has 2 aromatic heterocycles. The Kier molecular flexibility index (Phi) is 4.91. The van der Waals surface area contributed by atoms with Crippen molar-refractivity contribution in [2.45, 2.75) is 6.92 Å². The van der Waals surface area contributed by atoms with E-state index in [1.54, 1.807) is 0 Å². The molecular formula is C19H18ClN5O2S. The maximum atomic E-state index is 13.1. The first-order valence-electron chi connectivity index (χ1n) is 8.81. The summed E-state index contributed by atoms with van der Waals surface area (Å²) in [5, 5.41) is 9.10. The van der Waals surface area contributed by atoms with E-state index < -0.39 is 5.91 Å². The van der Waals surface area contributed by atoms with E-state index in [4.69, 9.17) is 17.3 Å². The Morgan fingerprint density at radius 1 is 1.14 bits per heavy atom. The molecule has 4 rings (SSSR count). The van der Waals surface area contributed by atoms with E-state index in [1.165, 1.54) is 17.4 Å². The molecule has 9 heteroatoms. The smallest absolute Gasteiger partial charge is 0.264 e. The number of nitrogens with two attached hydrogens (primary N) is 1. The SMILES string of the molecule is Cc1c(C(=O)N2CCN(c3nnc(Cl)cc3C(N)=O)CC2)sc2ccccc12. The second-order valence-electron chi connectivity index (χ2n) is 6.60. The van der Waals surface area contributed by atoms with Crippen molar-refractivity contribution >= 4 is 50.7 Å². The van der Waals surface area contributed by atoms with Crippen LogP contribution in [0.3, 0.4) is 0 Å². The third-order valence-electron chi connectivity index (χ3n) is 4.91. The van der Waals surface area contributed by atoms with E-state index >= 15 is 0 Å². The molecule has 0 radical (unpaired) electrons. The average molecular weight is 416 g/mol. The molecule has 1 aromatic carbocycles. The minimum atomic E-state index is -0.605. The monoisotopic (exact) mass is 415 g/mol. The molecule has 3 heterocycles. The van der Waals surface area contributed by atoms with Crippen molar-refractivity contribution in [1.29, 1.82) is 0 Å². The van der Waals surface area contributed by atoms with Gasteiger partial charge in [-0.15, -0.1) is 21.5 Å². The number of aryl methyl sites for hydroxylation is 1. The Hall–Kier alpha value is -2.71. The van der Waals surface area contributed by atoms with Crippen LogP contribution in [-0.4, -0.2) is 53.1 Å². The molecule has 28 heavy (non-hydrogen) atoms. The molecule has 0 unspecified atom stereocenters. The summed E-state index contributed by atoms with van der Waals surface area (Å²) in [5.41, 5.74) is 6.70. The number of benzene rings is 1. The molecule has 0 saturated carbocycles. The first kappa shape index (κ1) is 18.6. The van der Waals surface area contributed by atoms with Crippen LogP contribution in [0.5, 0.6) is 0 Å². The Balaban J connectivity index is 1.52. The summed E-state index contributed by atoms with van der Waals surface area (Å²) in [6.07, 6.45) is 0. The third-order valence-corrected chi connectivity index (χ3v) is 6.36. The van der Waals surface area contributed by atoms with Crippen molar-refractivity contribution in [2.24, 2.45) is 5.73 Å². The number of piperazine rings is 1. The van der Waals surface area contributed by atoms with Gasteiger partial charge in [-0.2, -0.15) is 0 Å². The van der Waals surface area contributed by atoms with Gasteiger partial charge in [-0.25, -0.2) is 0 Å². The second-order valence-corrected chi connectivity index (χ2v) is 8.04. The molecule has 144 valence electrons. The normalized spacial score (nSPS) is 14.5. The second kappa shape index (κ2) is 7.37. The van der Waals surface area contributed by atoms with Crippen LogP contribution in [0.2, 0.25) is 5.15 Å². The molecule has 1 fully saturated rings. The Labute approximate surface area is 170 Å². The Morgan fingerprint density at radius 2 is 1.86 bits per heavy atom. The van der Waals surface area contributed by atoms with Crippen molar-refractivity contribution in [2.75, 3.05) is 31.1 Å². The maximum Gasteiger partial charge on any atom is 0.264 e. The number of carbonyl (C=O) groups excluding carboxylic acids is 2. The zero-order valence-electron chi connectivity index (χ0n) is 15.2. The highest BCUT2D eigenvalue weighted by molar-refractivity contribution is 7.21. The van der Waals surface area contributed by atoms with E-state index in [0.717, 1.165) is 20.5 Å².